The van der Waals surface area contributed by atoms with E-state index in [1.807, 2.05) is 37.4 Å². The fraction of sp³-hybridized carbons (Fsp3) is 0.333. The standard InChI is InChI=1S/C12H15NO/c1-13-9-11-14-10-5-8-12-6-3-2-4-7-12/h2-4,6-7,13H,9-11H2,1H3. The zero-order chi connectivity index (χ0) is 10.1. The largest absolute Gasteiger partial charge is 0.367 e. The zero-order valence-electron chi connectivity index (χ0n) is 8.42. The van der Waals surface area contributed by atoms with E-state index in [-0.39, 0.29) is 0 Å². The molecule has 0 amide bonds. The highest BCUT2D eigenvalue weighted by Gasteiger charge is 1.83. The van der Waals surface area contributed by atoms with E-state index < -0.39 is 0 Å². The first-order chi connectivity index (χ1) is 6.93. The van der Waals surface area contributed by atoms with Gasteiger partial charge in [0.1, 0.15) is 6.61 Å². The van der Waals surface area contributed by atoms with Crippen LogP contribution in [-0.2, 0) is 4.74 Å². The van der Waals surface area contributed by atoms with Crippen molar-refractivity contribution >= 4 is 0 Å². The zero-order valence-corrected chi connectivity index (χ0v) is 8.42. The van der Waals surface area contributed by atoms with Gasteiger partial charge in [-0.2, -0.15) is 0 Å². The highest BCUT2D eigenvalue weighted by atomic mass is 16.5. The van der Waals surface area contributed by atoms with Crippen LogP contribution in [0.25, 0.3) is 0 Å². The second-order valence-electron chi connectivity index (χ2n) is 2.82. The van der Waals surface area contributed by atoms with Crippen LogP contribution in [0.2, 0.25) is 0 Å². The molecule has 0 saturated heterocycles. The van der Waals surface area contributed by atoms with Crippen LogP contribution < -0.4 is 5.32 Å². The molecule has 2 heteroatoms. The van der Waals surface area contributed by atoms with Crippen molar-refractivity contribution in [3.05, 3.63) is 35.9 Å². The van der Waals surface area contributed by atoms with Gasteiger partial charge in [-0.15, -0.1) is 0 Å². The van der Waals surface area contributed by atoms with Gasteiger partial charge in [0.05, 0.1) is 6.61 Å². The van der Waals surface area contributed by atoms with Crippen LogP contribution in [0.5, 0.6) is 0 Å². The van der Waals surface area contributed by atoms with Crippen molar-refractivity contribution < 1.29 is 4.74 Å². The molecule has 0 unspecified atom stereocenters. The molecule has 0 atom stereocenters. The van der Waals surface area contributed by atoms with Crippen molar-refractivity contribution in [1.82, 2.24) is 5.32 Å². The van der Waals surface area contributed by atoms with Gasteiger partial charge in [-0.1, -0.05) is 30.0 Å². The van der Waals surface area contributed by atoms with Gasteiger partial charge in [0.15, 0.2) is 0 Å². The maximum Gasteiger partial charge on any atom is 0.108 e. The molecule has 2 nitrogen and oxygen atoms in total. The summed E-state index contributed by atoms with van der Waals surface area (Å²) in [5, 5.41) is 3.00. The highest BCUT2D eigenvalue weighted by molar-refractivity contribution is 5.33. The molecular formula is C12H15NO. The lowest BCUT2D eigenvalue weighted by molar-refractivity contribution is 0.170. The second-order valence-corrected chi connectivity index (χ2v) is 2.82. The average molecular weight is 189 g/mol. The molecule has 0 aliphatic heterocycles. The molecule has 0 aliphatic carbocycles. The fourth-order valence-electron chi connectivity index (χ4n) is 0.957. The molecule has 0 spiro atoms. The number of hydrogen-bond acceptors (Lipinski definition) is 2. The predicted octanol–water partition coefficient (Wildman–Crippen LogP) is 1.27. The topological polar surface area (TPSA) is 21.3 Å². The van der Waals surface area contributed by atoms with Crippen molar-refractivity contribution in [1.29, 1.82) is 0 Å². The third-order valence-electron chi connectivity index (χ3n) is 1.68. The second kappa shape index (κ2) is 7.14. The summed E-state index contributed by atoms with van der Waals surface area (Å²) >= 11 is 0. The third-order valence-corrected chi connectivity index (χ3v) is 1.68. The number of hydrogen-bond donors (Lipinski definition) is 1. The average Bonchev–Trinajstić information content (AvgIpc) is 2.25. The van der Waals surface area contributed by atoms with E-state index in [2.05, 4.69) is 17.2 Å². The molecular weight excluding hydrogens is 174 g/mol. The molecule has 0 radical (unpaired) electrons. The van der Waals surface area contributed by atoms with Gasteiger partial charge in [0.25, 0.3) is 0 Å². The summed E-state index contributed by atoms with van der Waals surface area (Å²) in [5.74, 6) is 5.99. The van der Waals surface area contributed by atoms with Crippen molar-refractivity contribution in [3.63, 3.8) is 0 Å². The Balaban J connectivity index is 2.21. The fourth-order valence-corrected chi connectivity index (χ4v) is 0.957. The Morgan fingerprint density at radius 3 is 2.79 bits per heavy atom. The van der Waals surface area contributed by atoms with Crippen LogP contribution in [0.3, 0.4) is 0 Å². The summed E-state index contributed by atoms with van der Waals surface area (Å²) in [6, 6.07) is 9.91. The monoisotopic (exact) mass is 189 g/mol. The number of ether oxygens (including phenoxy) is 1. The first kappa shape index (κ1) is 10.8. The Morgan fingerprint density at radius 2 is 2.07 bits per heavy atom. The Hall–Kier alpha value is -1.30. The van der Waals surface area contributed by atoms with Gasteiger partial charge in [-0.25, -0.2) is 0 Å². The van der Waals surface area contributed by atoms with E-state index in [1.54, 1.807) is 0 Å². The normalized spacial score (nSPS) is 9.21. The van der Waals surface area contributed by atoms with Gasteiger partial charge < -0.3 is 10.1 Å². The predicted molar refractivity (Wildman–Crippen MR) is 58.1 cm³/mol. The molecule has 1 N–H and O–H groups in total. The van der Waals surface area contributed by atoms with Crippen LogP contribution in [0.1, 0.15) is 5.56 Å². The smallest absolute Gasteiger partial charge is 0.108 e. The minimum atomic E-state index is 0.497. The Kier molecular flexibility index (Phi) is 5.49. The summed E-state index contributed by atoms with van der Waals surface area (Å²) in [7, 11) is 1.90. The van der Waals surface area contributed by atoms with Gasteiger partial charge in [-0.05, 0) is 19.2 Å². The molecule has 0 saturated carbocycles. The van der Waals surface area contributed by atoms with Crippen molar-refractivity contribution in [3.8, 4) is 11.8 Å². The lowest BCUT2D eigenvalue weighted by Gasteiger charge is -1.96. The Labute approximate surface area is 85.3 Å². The van der Waals surface area contributed by atoms with Gasteiger partial charge >= 0.3 is 0 Å². The molecule has 1 aromatic rings. The van der Waals surface area contributed by atoms with E-state index in [9.17, 15) is 0 Å². The molecule has 0 bridgehead atoms. The minimum Gasteiger partial charge on any atom is -0.367 e. The third kappa shape index (κ3) is 4.66. The molecule has 14 heavy (non-hydrogen) atoms. The van der Waals surface area contributed by atoms with E-state index in [0.29, 0.717) is 13.2 Å². The van der Waals surface area contributed by atoms with Crippen LogP contribution in [0.15, 0.2) is 30.3 Å². The maximum atomic E-state index is 5.26. The summed E-state index contributed by atoms with van der Waals surface area (Å²) in [6.07, 6.45) is 0. The number of benzene rings is 1. The molecule has 0 aromatic heterocycles. The van der Waals surface area contributed by atoms with E-state index in [1.165, 1.54) is 0 Å². The van der Waals surface area contributed by atoms with Gasteiger partial charge in [0.2, 0.25) is 0 Å². The van der Waals surface area contributed by atoms with Crippen LogP contribution in [0.4, 0.5) is 0 Å². The van der Waals surface area contributed by atoms with Crippen molar-refractivity contribution in [2.75, 3.05) is 26.8 Å². The summed E-state index contributed by atoms with van der Waals surface area (Å²) in [4.78, 5) is 0. The number of rotatable bonds is 4. The summed E-state index contributed by atoms with van der Waals surface area (Å²) in [6.45, 7) is 2.07. The quantitative estimate of drug-likeness (QED) is 0.569. The molecule has 0 fully saturated rings. The molecule has 74 valence electrons. The van der Waals surface area contributed by atoms with E-state index in [0.717, 1.165) is 12.1 Å². The summed E-state index contributed by atoms with van der Waals surface area (Å²) < 4.78 is 5.26. The van der Waals surface area contributed by atoms with Crippen molar-refractivity contribution in [2.24, 2.45) is 0 Å². The first-order valence-corrected chi connectivity index (χ1v) is 4.70. The van der Waals surface area contributed by atoms with E-state index in [4.69, 9.17) is 4.74 Å². The minimum absolute atomic E-state index is 0.497. The van der Waals surface area contributed by atoms with Crippen LogP contribution >= 0.6 is 0 Å². The molecule has 0 heterocycles. The van der Waals surface area contributed by atoms with Gasteiger partial charge in [0, 0.05) is 12.1 Å². The number of nitrogens with one attached hydrogen (secondary N) is 1. The molecule has 0 aliphatic rings. The highest BCUT2D eigenvalue weighted by Crippen LogP contribution is 1.94. The van der Waals surface area contributed by atoms with Gasteiger partial charge in [-0.3, -0.25) is 0 Å². The van der Waals surface area contributed by atoms with E-state index >= 15 is 0 Å². The molecule has 1 rings (SSSR count). The van der Waals surface area contributed by atoms with Crippen molar-refractivity contribution in [2.45, 2.75) is 0 Å². The lowest BCUT2D eigenvalue weighted by Crippen LogP contribution is -2.14. The lowest BCUT2D eigenvalue weighted by atomic mass is 10.2. The molecule has 1 aromatic carbocycles. The van der Waals surface area contributed by atoms with Crippen LogP contribution in [-0.4, -0.2) is 26.8 Å². The summed E-state index contributed by atoms with van der Waals surface area (Å²) in [5.41, 5.74) is 1.03. The van der Waals surface area contributed by atoms with Crippen LogP contribution in [0, 0.1) is 11.8 Å². The maximum absolute atomic E-state index is 5.26. The Bertz CT molecular complexity index is 297. The number of likely N-dealkylation sites (N-methyl/N-ethyl adjacent to an activating group) is 1. The first-order valence-electron chi connectivity index (χ1n) is 4.70. The SMILES string of the molecule is CNCCOCC#Cc1ccccc1. The Morgan fingerprint density at radius 1 is 1.29 bits per heavy atom.